The summed E-state index contributed by atoms with van der Waals surface area (Å²) in [6.07, 6.45) is 6.47. The molecule has 0 unspecified atom stereocenters. The highest BCUT2D eigenvalue weighted by molar-refractivity contribution is 5.78. The minimum atomic E-state index is 0.473. The van der Waals surface area contributed by atoms with Crippen LogP contribution in [-0.4, -0.2) is 13.0 Å². The van der Waals surface area contributed by atoms with Crippen LogP contribution in [0.5, 0.6) is 0 Å². The molecule has 2 nitrogen and oxygen atoms in total. The lowest BCUT2D eigenvalue weighted by Crippen LogP contribution is -2.00. The first-order chi connectivity index (χ1) is 6.24. The first-order valence-electron chi connectivity index (χ1n) is 4.45. The van der Waals surface area contributed by atoms with Gasteiger partial charge in [0, 0.05) is 12.6 Å². The second-order valence-electron chi connectivity index (χ2n) is 3.23. The van der Waals surface area contributed by atoms with Crippen LogP contribution in [0, 0.1) is 5.92 Å². The molecule has 0 spiro atoms. The monoisotopic (exact) mass is 177 g/mol. The zero-order chi connectivity index (χ0) is 9.68. The molecule has 0 atom stereocenters. The van der Waals surface area contributed by atoms with Crippen LogP contribution in [0.15, 0.2) is 34.6 Å². The van der Waals surface area contributed by atoms with E-state index in [1.807, 2.05) is 18.4 Å². The molecule has 1 rings (SSSR count). The van der Waals surface area contributed by atoms with Gasteiger partial charge in [-0.1, -0.05) is 13.8 Å². The summed E-state index contributed by atoms with van der Waals surface area (Å²) in [4.78, 5) is 4.23. The molecule has 0 saturated heterocycles. The van der Waals surface area contributed by atoms with E-state index in [0.717, 1.165) is 12.3 Å². The predicted octanol–water partition coefficient (Wildman–Crippen LogP) is 2.69. The molecule has 70 valence electrons. The maximum Gasteiger partial charge on any atom is 0.192 e. The maximum absolute atomic E-state index is 5.08. The van der Waals surface area contributed by atoms with Gasteiger partial charge in [0.15, 0.2) is 5.90 Å². The topological polar surface area (TPSA) is 21.6 Å². The van der Waals surface area contributed by atoms with Gasteiger partial charge < -0.3 is 4.74 Å². The van der Waals surface area contributed by atoms with Gasteiger partial charge >= 0.3 is 0 Å². The Bertz CT molecular complexity index is 291. The second kappa shape index (κ2) is 4.68. The van der Waals surface area contributed by atoms with E-state index in [9.17, 15) is 0 Å². The molecule has 0 aliphatic carbocycles. The SMILES string of the molecule is COC1=NC=C(C(C)C)C=C=CC1. The van der Waals surface area contributed by atoms with Crippen molar-refractivity contribution in [2.24, 2.45) is 10.9 Å². The fourth-order valence-electron chi connectivity index (χ4n) is 0.990. The van der Waals surface area contributed by atoms with E-state index >= 15 is 0 Å². The van der Waals surface area contributed by atoms with Gasteiger partial charge in [-0.15, -0.1) is 5.73 Å². The Balaban J connectivity index is 2.90. The quantitative estimate of drug-likeness (QED) is 0.564. The van der Waals surface area contributed by atoms with Gasteiger partial charge in [0.1, 0.15) is 0 Å². The summed E-state index contributed by atoms with van der Waals surface area (Å²) in [6, 6.07) is 0. The Labute approximate surface area is 79.3 Å². The highest BCUT2D eigenvalue weighted by Crippen LogP contribution is 2.12. The summed E-state index contributed by atoms with van der Waals surface area (Å²) >= 11 is 0. The molecule has 1 heterocycles. The molecule has 1 aliphatic rings. The molecular weight excluding hydrogens is 162 g/mol. The van der Waals surface area contributed by atoms with Crippen molar-refractivity contribution in [1.29, 1.82) is 0 Å². The number of nitrogens with zero attached hydrogens (tertiary/aromatic N) is 1. The third-order valence-corrected chi connectivity index (χ3v) is 1.90. The molecule has 0 aromatic carbocycles. The molecular formula is C11H15NO. The van der Waals surface area contributed by atoms with Gasteiger partial charge in [-0.05, 0) is 23.6 Å². The van der Waals surface area contributed by atoms with Gasteiger partial charge in [0.25, 0.3) is 0 Å². The molecule has 1 aliphatic heterocycles. The third-order valence-electron chi connectivity index (χ3n) is 1.90. The number of hydrogen-bond acceptors (Lipinski definition) is 2. The molecule has 0 aromatic rings. The minimum absolute atomic E-state index is 0.473. The van der Waals surface area contributed by atoms with E-state index in [1.54, 1.807) is 7.11 Å². The van der Waals surface area contributed by atoms with Crippen LogP contribution in [0.1, 0.15) is 20.3 Å². The fraction of sp³-hybridized carbons (Fsp3) is 0.455. The van der Waals surface area contributed by atoms with E-state index in [2.05, 4.69) is 24.6 Å². The number of hydrogen-bond donors (Lipinski definition) is 0. The lowest BCUT2D eigenvalue weighted by Gasteiger charge is -2.06. The Morgan fingerprint density at radius 1 is 1.54 bits per heavy atom. The van der Waals surface area contributed by atoms with E-state index in [0.29, 0.717) is 5.92 Å². The van der Waals surface area contributed by atoms with Crippen molar-refractivity contribution in [2.75, 3.05) is 7.11 Å². The Morgan fingerprint density at radius 2 is 2.31 bits per heavy atom. The molecule has 0 amide bonds. The standard InChI is InChI=1S/C11H15NO/c1-9(2)10-6-4-5-7-11(13-3)12-8-10/h5-6,8-9H,7H2,1-3H3. The summed E-state index contributed by atoms with van der Waals surface area (Å²) in [5.74, 6) is 1.21. The van der Waals surface area contributed by atoms with E-state index in [-0.39, 0.29) is 0 Å². The fourth-order valence-corrected chi connectivity index (χ4v) is 0.990. The average Bonchev–Trinajstić information content (AvgIpc) is 2.03. The molecule has 0 fully saturated rings. The summed E-state index contributed by atoms with van der Waals surface area (Å²) in [5, 5.41) is 0. The van der Waals surface area contributed by atoms with Crippen molar-refractivity contribution in [3.8, 4) is 0 Å². The van der Waals surface area contributed by atoms with Gasteiger partial charge in [0.2, 0.25) is 0 Å². The van der Waals surface area contributed by atoms with Gasteiger partial charge in [-0.3, -0.25) is 0 Å². The van der Waals surface area contributed by atoms with Crippen LogP contribution in [0.4, 0.5) is 0 Å². The number of ether oxygens (including phenoxy) is 1. The van der Waals surface area contributed by atoms with Gasteiger partial charge in [-0.2, -0.15) is 0 Å². The summed E-state index contributed by atoms with van der Waals surface area (Å²) < 4.78 is 5.08. The molecule has 0 N–H and O–H groups in total. The second-order valence-corrected chi connectivity index (χ2v) is 3.23. The maximum atomic E-state index is 5.08. The normalized spacial score (nSPS) is 16.3. The molecule has 0 aromatic heterocycles. The highest BCUT2D eigenvalue weighted by atomic mass is 16.5. The van der Waals surface area contributed by atoms with Crippen molar-refractivity contribution in [1.82, 2.24) is 0 Å². The molecule has 13 heavy (non-hydrogen) atoms. The predicted molar refractivity (Wildman–Crippen MR) is 54.6 cm³/mol. The summed E-state index contributed by atoms with van der Waals surface area (Å²) in [5.41, 5.74) is 4.28. The number of rotatable bonds is 1. The smallest absolute Gasteiger partial charge is 0.192 e. The van der Waals surface area contributed by atoms with Crippen LogP contribution in [0.3, 0.4) is 0 Å². The van der Waals surface area contributed by atoms with E-state index in [1.165, 1.54) is 5.57 Å². The van der Waals surface area contributed by atoms with E-state index in [4.69, 9.17) is 4.74 Å². The van der Waals surface area contributed by atoms with Crippen molar-refractivity contribution < 1.29 is 4.74 Å². The average molecular weight is 177 g/mol. The van der Waals surface area contributed by atoms with Crippen LogP contribution < -0.4 is 0 Å². The zero-order valence-electron chi connectivity index (χ0n) is 8.37. The Kier molecular flexibility index (Phi) is 3.53. The van der Waals surface area contributed by atoms with Gasteiger partial charge in [-0.25, -0.2) is 4.99 Å². The zero-order valence-corrected chi connectivity index (χ0v) is 8.37. The van der Waals surface area contributed by atoms with Crippen molar-refractivity contribution in [3.63, 3.8) is 0 Å². The first-order valence-corrected chi connectivity index (χ1v) is 4.45. The van der Waals surface area contributed by atoms with Crippen molar-refractivity contribution in [3.05, 3.63) is 29.7 Å². The molecule has 0 bridgehead atoms. The van der Waals surface area contributed by atoms with Crippen LogP contribution in [0.2, 0.25) is 0 Å². The number of aliphatic imine (C=N–C) groups is 1. The molecule has 0 saturated carbocycles. The summed E-state index contributed by atoms with van der Waals surface area (Å²) in [7, 11) is 1.64. The molecule has 2 heteroatoms. The van der Waals surface area contributed by atoms with E-state index < -0.39 is 0 Å². The Morgan fingerprint density at radius 3 is 2.92 bits per heavy atom. The summed E-state index contributed by atoms with van der Waals surface area (Å²) in [6.45, 7) is 4.27. The number of allylic oxidation sites excluding steroid dienone is 1. The minimum Gasteiger partial charge on any atom is -0.484 e. The van der Waals surface area contributed by atoms with Crippen molar-refractivity contribution in [2.45, 2.75) is 20.3 Å². The van der Waals surface area contributed by atoms with Gasteiger partial charge in [0.05, 0.1) is 7.11 Å². The number of methoxy groups -OCH3 is 1. The van der Waals surface area contributed by atoms with Crippen LogP contribution in [0.25, 0.3) is 0 Å². The lowest BCUT2D eigenvalue weighted by molar-refractivity contribution is 0.395. The third kappa shape index (κ3) is 2.92. The largest absolute Gasteiger partial charge is 0.484 e. The highest BCUT2D eigenvalue weighted by Gasteiger charge is 2.00. The molecule has 0 radical (unpaired) electrons. The van der Waals surface area contributed by atoms with Crippen molar-refractivity contribution >= 4 is 5.90 Å². The Hall–Kier alpha value is -1.27. The lowest BCUT2D eigenvalue weighted by atomic mass is 10.0. The van der Waals surface area contributed by atoms with Crippen LogP contribution in [-0.2, 0) is 4.74 Å². The van der Waals surface area contributed by atoms with Crippen LogP contribution >= 0.6 is 0 Å². The first kappa shape index (κ1) is 9.82.